The smallest absolute Gasteiger partial charge is 0.328 e. The van der Waals surface area contributed by atoms with E-state index in [0.717, 1.165) is 0 Å². The summed E-state index contributed by atoms with van der Waals surface area (Å²) in [4.78, 5) is 28.3. The van der Waals surface area contributed by atoms with Crippen LogP contribution in [0, 0.1) is 0 Å². The Labute approximate surface area is 68.3 Å². The van der Waals surface area contributed by atoms with E-state index in [0.29, 0.717) is 12.2 Å². The van der Waals surface area contributed by atoms with Gasteiger partial charge < -0.3 is 15.9 Å². The van der Waals surface area contributed by atoms with Gasteiger partial charge in [-0.15, -0.1) is 0 Å². The number of primary amides is 1. The fourth-order valence-electron chi connectivity index (χ4n) is 0.143. The van der Waals surface area contributed by atoms with Gasteiger partial charge >= 0.3 is 11.9 Å². The van der Waals surface area contributed by atoms with E-state index in [1.807, 2.05) is 0 Å². The van der Waals surface area contributed by atoms with Crippen LogP contribution < -0.4 is 5.73 Å². The van der Waals surface area contributed by atoms with Gasteiger partial charge in [0.2, 0.25) is 5.91 Å². The SMILES string of the molecule is CC(N)=O.O=C(O)/C=C/C(=O)O. The van der Waals surface area contributed by atoms with E-state index < -0.39 is 11.9 Å². The summed E-state index contributed by atoms with van der Waals surface area (Å²) < 4.78 is 0. The fraction of sp³-hybridized carbons (Fsp3) is 0.167. The second kappa shape index (κ2) is 7.26. The summed E-state index contributed by atoms with van der Waals surface area (Å²) in [5, 5.41) is 15.6. The molecule has 0 saturated carbocycles. The number of hydrogen-bond acceptors (Lipinski definition) is 3. The van der Waals surface area contributed by atoms with Gasteiger partial charge in [0.1, 0.15) is 0 Å². The molecule has 0 rings (SSSR count). The zero-order valence-electron chi connectivity index (χ0n) is 6.35. The van der Waals surface area contributed by atoms with Gasteiger partial charge in [0, 0.05) is 19.1 Å². The Morgan fingerprint density at radius 2 is 1.25 bits per heavy atom. The van der Waals surface area contributed by atoms with Crippen LogP contribution in [0.2, 0.25) is 0 Å². The topological polar surface area (TPSA) is 118 Å². The first-order valence-corrected chi connectivity index (χ1v) is 2.76. The maximum atomic E-state index is 9.55. The van der Waals surface area contributed by atoms with Gasteiger partial charge in [-0.2, -0.15) is 0 Å². The molecule has 0 aromatic rings. The highest BCUT2D eigenvalue weighted by Gasteiger charge is 1.88. The molecule has 0 atom stereocenters. The molecule has 0 aliphatic carbocycles. The Balaban J connectivity index is 0. The lowest BCUT2D eigenvalue weighted by molar-refractivity contribution is -0.134. The molecule has 0 aliphatic rings. The molecule has 0 spiro atoms. The number of carbonyl (C=O) groups excluding carboxylic acids is 1. The molecule has 4 N–H and O–H groups in total. The van der Waals surface area contributed by atoms with E-state index >= 15 is 0 Å². The Morgan fingerprint density at radius 3 is 1.33 bits per heavy atom. The molecule has 12 heavy (non-hydrogen) atoms. The lowest BCUT2D eigenvalue weighted by Crippen LogP contribution is -2.01. The normalized spacial score (nSPS) is 8.42. The number of rotatable bonds is 2. The van der Waals surface area contributed by atoms with Gasteiger partial charge in [-0.1, -0.05) is 0 Å². The van der Waals surface area contributed by atoms with Gasteiger partial charge in [0.05, 0.1) is 0 Å². The van der Waals surface area contributed by atoms with E-state index in [9.17, 15) is 14.4 Å². The van der Waals surface area contributed by atoms with Crippen LogP contribution in [-0.2, 0) is 14.4 Å². The third-order valence-electron chi connectivity index (χ3n) is 0.368. The van der Waals surface area contributed by atoms with Crippen LogP contribution in [0.3, 0.4) is 0 Å². The number of hydrogen-bond donors (Lipinski definition) is 3. The minimum absolute atomic E-state index is 0.333. The zero-order chi connectivity index (χ0) is 10.1. The number of amides is 1. The highest BCUT2D eigenvalue weighted by Crippen LogP contribution is 1.70. The monoisotopic (exact) mass is 175 g/mol. The molecular weight excluding hydrogens is 166 g/mol. The number of aliphatic carboxylic acids is 2. The molecule has 0 radical (unpaired) electrons. The number of carboxylic acids is 2. The van der Waals surface area contributed by atoms with Crippen LogP contribution in [0.5, 0.6) is 0 Å². The maximum Gasteiger partial charge on any atom is 0.328 e. The van der Waals surface area contributed by atoms with Crippen molar-refractivity contribution in [3.63, 3.8) is 0 Å². The molecule has 1 amide bonds. The average Bonchev–Trinajstić information content (AvgIpc) is 1.82. The van der Waals surface area contributed by atoms with Crippen molar-refractivity contribution < 1.29 is 24.6 Å². The van der Waals surface area contributed by atoms with Crippen molar-refractivity contribution in [2.24, 2.45) is 5.73 Å². The first-order chi connectivity index (χ1) is 5.36. The van der Waals surface area contributed by atoms with Gasteiger partial charge in [-0.25, -0.2) is 9.59 Å². The molecule has 6 heteroatoms. The highest BCUT2D eigenvalue weighted by molar-refractivity contribution is 5.89. The molecule has 0 heterocycles. The molecule has 0 aliphatic heterocycles. The largest absolute Gasteiger partial charge is 0.478 e. The molecule has 0 bridgehead atoms. The molecular formula is C6H9NO5. The van der Waals surface area contributed by atoms with Crippen LogP contribution >= 0.6 is 0 Å². The third-order valence-corrected chi connectivity index (χ3v) is 0.368. The maximum absolute atomic E-state index is 9.55. The number of carbonyl (C=O) groups is 3. The van der Waals surface area contributed by atoms with Gasteiger partial charge in [-0.3, -0.25) is 4.79 Å². The molecule has 0 aromatic heterocycles. The summed E-state index contributed by atoms with van der Waals surface area (Å²) in [7, 11) is 0. The minimum Gasteiger partial charge on any atom is -0.478 e. The summed E-state index contributed by atoms with van der Waals surface area (Å²) in [6.45, 7) is 1.31. The van der Waals surface area contributed by atoms with Crippen LogP contribution in [0.25, 0.3) is 0 Å². The van der Waals surface area contributed by atoms with Crippen molar-refractivity contribution in [1.29, 1.82) is 0 Å². The van der Waals surface area contributed by atoms with Gasteiger partial charge in [0.25, 0.3) is 0 Å². The molecule has 0 saturated heterocycles. The predicted octanol–water partition coefficient (Wildman–Crippen LogP) is -0.797. The van der Waals surface area contributed by atoms with E-state index in [1.165, 1.54) is 6.92 Å². The van der Waals surface area contributed by atoms with E-state index in [1.54, 1.807) is 0 Å². The Bertz CT molecular complexity index is 188. The van der Waals surface area contributed by atoms with E-state index in [-0.39, 0.29) is 5.91 Å². The summed E-state index contributed by atoms with van der Waals surface area (Å²) in [5.74, 6) is -2.85. The second-order valence-electron chi connectivity index (χ2n) is 1.62. The third kappa shape index (κ3) is 42.0. The van der Waals surface area contributed by atoms with Gasteiger partial charge in [0.15, 0.2) is 0 Å². The fourth-order valence-corrected chi connectivity index (χ4v) is 0.143. The Kier molecular flexibility index (Phi) is 7.74. The van der Waals surface area contributed by atoms with Crippen molar-refractivity contribution >= 4 is 17.8 Å². The second-order valence-corrected chi connectivity index (χ2v) is 1.62. The van der Waals surface area contributed by atoms with Crippen molar-refractivity contribution in [3.8, 4) is 0 Å². The summed E-state index contributed by atoms with van der Waals surface area (Å²) in [6, 6.07) is 0. The minimum atomic E-state index is -1.26. The Hall–Kier alpha value is -1.85. The van der Waals surface area contributed by atoms with Crippen molar-refractivity contribution in [3.05, 3.63) is 12.2 Å². The average molecular weight is 175 g/mol. The first kappa shape index (κ1) is 12.8. The molecule has 0 unspecified atom stereocenters. The van der Waals surface area contributed by atoms with Crippen molar-refractivity contribution in [2.45, 2.75) is 6.92 Å². The number of carboxylic acid groups (broad SMARTS) is 2. The van der Waals surface area contributed by atoms with Crippen LogP contribution in [0.15, 0.2) is 12.2 Å². The molecule has 6 nitrogen and oxygen atoms in total. The highest BCUT2D eigenvalue weighted by atomic mass is 16.4. The lowest BCUT2D eigenvalue weighted by atomic mass is 10.5. The zero-order valence-corrected chi connectivity index (χ0v) is 6.35. The van der Waals surface area contributed by atoms with Crippen LogP contribution in [0.1, 0.15) is 6.92 Å². The number of nitrogens with two attached hydrogens (primary N) is 1. The summed E-state index contributed by atoms with van der Waals surface area (Å²) in [5.41, 5.74) is 4.47. The lowest BCUT2D eigenvalue weighted by Gasteiger charge is -1.74. The van der Waals surface area contributed by atoms with E-state index in [2.05, 4.69) is 5.73 Å². The molecule has 68 valence electrons. The predicted molar refractivity (Wildman–Crippen MR) is 39.3 cm³/mol. The Morgan fingerprint density at radius 1 is 1.08 bits per heavy atom. The van der Waals surface area contributed by atoms with E-state index in [4.69, 9.17) is 10.2 Å². The standard InChI is InChI=1S/C4H4O4.C2H5NO/c5-3(6)1-2-4(7)8;1-2(3)4/h1-2H,(H,5,6)(H,7,8);1H3,(H2,3,4)/b2-1+;. The van der Waals surface area contributed by atoms with Crippen molar-refractivity contribution in [1.82, 2.24) is 0 Å². The summed E-state index contributed by atoms with van der Waals surface area (Å²) >= 11 is 0. The summed E-state index contributed by atoms with van der Waals surface area (Å²) in [6.07, 6.45) is 1.12. The first-order valence-electron chi connectivity index (χ1n) is 2.76. The molecule has 0 aromatic carbocycles. The quantitative estimate of drug-likeness (QED) is 0.475. The van der Waals surface area contributed by atoms with Crippen molar-refractivity contribution in [2.75, 3.05) is 0 Å². The van der Waals surface area contributed by atoms with Gasteiger partial charge in [-0.05, 0) is 0 Å². The van der Waals surface area contributed by atoms with Crippen LogP contribution in [0.4, 0.5) is 0 Å². The van der Waals surface area contributed by atoms with Crippen LogP contribution in [-0.4, -0.2) is 28.1 Å². The molecule has 0 fully saturated rings.